The molecule has 2 aliphatic rings. The van der Waals surface area contributed by atoms with Crippen molar-refractivity contribution in [2.75, 3.05) is 13.1 Å². The van der Waals surface area contributed by atoms with E-state index in [0.29, 0.717) is 5.92 Å². The van der Waals surface area contributed by atoms with Crippen LogP contribution >= 0.6 is 36.2 Å². The maximum Gasteiger partial charge on any atom is 0.242 e. The van der Waals surface area contributed by atoms with Gasteiger partial charge in [0.15, 0.2) is 0 Å². The van der Waals surface area contributed by atoms with Crippen LogP contribution < -0.4 is 5.73 Å². The number of rotatable bonds is 3. The molecule has 1 aromatic heterocycles. The van der Waals surface area contributed by atoms with Crippen LogP contribution in [-0.4, -0.2) is 34.4 Å². The molecule has 1 atom stereocenters. The van der Waals surface area contributed by atoms with Crippen LogP contribution in [0, 0.1) is 0 Å². The maximum absolute atomic E-state index is 12.7. The van der Waals surface area contributed by atoms with Gasteiger partial charge in [-0.25, -0.2) is 4.98 Å². The highest BCUT2D eigenvalue weighted by atomic mass is 35.5. The lowest BCUT2D eigenvalue weighted by Crippen LogP contribution is -2.55. The summed E-state index contributed by atoms with van der Waals surface area (Å²) < 4.78 is 0. The Labute approximate surface area is 155 Å². The minimum atomic E-state index is -0.584. The predicted octanol–water partition coefficient (Wildman–Crippen LogP) is 3.53. The number of likely N-dealkylation sites (tertiary alicyclic amines) is 1. The lowest BCUT2D eigenvalue weighted by molar-refractivity contribution is -0.138. The summed E-state index contributed by atoms with van der Waals surface area (Å²) in [5, 5.41) is 3.35. The van der Waals surface area contributed by atoms with E-state index in [1.165, 1.54) is 10.7 Å². The van der Waals surface area contributed by atoms with Gasteiger partial charge in [-0.1, -0.05) is 19.8 Å². The fraction of sp³-hybridized carbons (Fsp3) is 0.750. The van der Waals surface area contributed by atoms with Crippen molar-refractivity contribution in [2.45, 2.75) is 63.3 Å². The van der Waals surface area contributed by atoms with Crippen LogP contribution in [-0.2, 0) is 11.2 Å². The Hall–Kier alpha value is -0.360. The number of amides is 1. The smallest absolute Gasteiger partial charge is 0.242 e. The second-order valence-electron chi connectivity index (χ2n) is 6.48. The number of piperidine rings is 1. The van der Waals surface area contributed by atoms with E-state index in [1.807, 2.05) is 4.90 Å². The molecule has 2 fully saturated rings. The van der Waals surface area contributed by atoms with E-state index in [4.69, 9.17) is 10.7 Å². The topological polar surface area (TPSA) is 59.2 Å². The van der Waals surface area contributed by atoms with Gasteiger partial charge in [-0.2, -0.15) is 0 Å². The first-order valence-electron chi connectivity index (χ1n) is 8.15. The van der Waals surface area contributed by atoms with E-state index < -0.39 is 5.54 Å². The van der Waals surface area contributed by atoms with Crippen molar-refractivity contribution < 1.29 is 4.79 Å². The van der Waals surface area contributed by atoms with E-state index in [-0.39, 0.29) is 30.7 Å². The van der Waals surface area contributed by atoms with Crippen LogP contribution in [0.1, 0.15) is 62.1 Å². The van der Waals surface area contributed by atoms with Crippen LogP contribution in [0.4, 0.5) is 0 Å². The van der Waals surface area contributed by atoms with Gasteiger partial charge < -0.3 is 10.6 Å². The Morgan fingerprint density at radius 2 is 2.09 bits per heavy atom. The molecular weight excluding hydrogens is 353 g/mol. The van der Waals surface area contributed by atoms with Gasteiger partial charge in [-0.3, -0.25) is 4.79 Å². The first-order chi connectivity index (χ1) is 10.1. The van der Waals surface area contributed by atoms with E-state index in [9.17, 15) is 4.79 Å². The molecule has 1 saturated heterocycles. The van der Waals surface area contributed by atoms with Gasteiger partial charge in [-0.15, -0.1) is 36.2 Å². The molecule has 2 heterocycles. The summed E-state index contributed by atoms with van der Waals surface area (Å²) in [6.45, 7) is 3.79. The molecule has 0 bridgehead atoms. The zero-order chi connectivity index (χ0) is 14.9. The molecular formula is C16H27Cl2N3OS. The summed E-state index contributed by atoms with van der Waals surface area (Å²) >= 11 is 1.75. The number of carbonyl (C=O) groups excluding carboxylic acids is 1. The number of nitrogens with two attached hydrogens (primary N) is 1. The Morgan fingerprint density at radius 3 is 2.70 bits per heavy atom. The summed E-state index contributed by atoms with van der Waals surface area (Å²) in [6.07, 6.45) is 7.06. The van der Waals surface area contributed by atoms with Crippen molar-refractivity contribution in [3.05, 3.63) is 16.1 Å². The van der Waals surface area contributed by atoms with Crippen molar-refractivity contribution in [1.82, 2.24) is 9.88 Å². The molecule has 1 aromatic rings. The molecule has 0 spiro atoms. The number of thiazole rings is 1. The number of aryl methyl sites for hydroxylation is 1. The zero-order valence-electron chi connectivity index (χ0n) is 13.6. The zero-order valence-corrected chi connectivity index (χ0v) is 16.1. The summed E-state index contributed by atoms with van der Waals surface area (Å²) in [6, 6.07) is 0. The number of nitrogens with zero attached hydrogens (tertiary/aromatic N) is 2. The van der Waals surface area contributed by atoms with E-state index >= 15 is 0 Å². The monoisotopic (exact) mass is 379 g/mol. The highest BCUT2D eigenvalue weighted by Crippen LogP contribution is 2.33. The van der Waals surface area contributed by atoms with Crippen molar-refractivity contribution >= 4 is 42.1 Å². The predicted molar refractivity (Wildman–Crippen MR) is 99.9 cm³/mol. The molecule has 7 heteroatoms. The van der Waals surface area contributed by atoms with E-state index in [2.05, 4.69) is 12.3 Å². The summed E-state index contributed by atoms with van der Waals surface area (Å²) in [4.78, 5) is 19.5. The molecule has 23 heavy (non-hydrogen) atoms. The summed E-state index contributed by atoms with van der Waals surface area (Å²) in [7, 11) is 0. The standard InChI is InChI=1S/C16H25N3OS.2ClH/c1-2-13-11-21-14(18-13)12-6-5-9-19(10-12)15(20)16(17)7-3-4-8-16;;/h11-12H,2-10,17H2,1H3;2*1H. The second kappa shape index (κ2) is 8.65. The Morgan fingerprint density at radius 1 is 1.39 bits per heavy atom. The van der Waals surface area contributed by atoms with Crippen molar-refractivity contribution in [3.63, 3.8) is 0 Å². The van der Waals surface area contributed by atoms with Crippen LogP contribution in [0.15, 0.2) is 5.38 Å². The number of hydrogen-bond donors (Lipinski definition) is 1. The lowest BCUT2D eigenvalue weighted by Gasteiger charge is -2.36. The fourth-order valence-corrected chi connectivity index (χ4v) is 4.60. The largest absolute Gasteiger partial charge is 0.340 e. The summed E-state index contributed by atoms with van der Waals surface area (Å²) in [5.41, 5.74) is 6.93. The molecule has 0 radical (unpaired) electrons. The van der Waals surface area contributed by atoms with Crippen LogP contribution in [0.25, 0.3) is 0 Å². The first kappa shape index (κ1) is 20.7. The van der Waals surface area contributed by atoms with Gasteiger partial charge in [0.2, 0.25) is 5.91 Å². The third-order valence-electron chi connectivity index (χ3n) is 4.91. The molecule has 1 amide bonds. The Balaban J connectivity index is 0.00000132. The molecule has 1 saturated carbocycles. The molecule has 0 aromatic carbocycles. The van der Waals surface area contributed by atoms with Crippen molar-refractivity contribution in [1.29, 1.82) is 0 Å². The van der Waals surface area contributed by atoms with Crippen molar-refractivity contribution in [3.8, 4) is 0 Å². The highest BCUT2D eigenvalue weighted by molar-refractivity contribution is 7.09. The van der Waals surface area contributed by atoms with Crippen LogP contribution in [0.5, 0.6) is 0 Å². The normalized spacial score (nSPS) is 23.0. The minimum Gasteiger partial charge on any atom is -0.340 e. The average Bonchev–Trinajstić information content (AvgIpc) is 3.16. The van der Waals surface area contributed by atoms with Gasteiger partial charge in [0.05, 0.1) is 16.2 Å². The second-order valence-corrected chi connectivity index (χ2v) is 7.37. The highest BCUT2D eigenvalue weighted by Gasteiger charge is 2.41. The average molecular weight is 380 g/mol. The number of halogens is 2. The van der Waals surface area contributed by atoms with E-state index in [0.717, 1.165) is 58.0 Å². The fourth-order valence-electron chi connectivity index (χ4n) is 3.57. The Kier molecular flexibility index (Phi) is 7.78. The maximum atomic E-state index is 12.7. The molecule has 132 valence electrons. The summed E-state index contributed by atoms with van der Waals surface area (Å²) in [5.74, 6) is 0.579. The van der Waals surface area contributed by atoms with Gasteiger partial charge in [-0.05, 0) is 32.1 Å². The first-order valence-corrected chi connectivity index (χ1v) is 9.03. The van der Waals surface area contributed by atoms with Gasteiger partial charge in [0.25, 0.3) is 0 Å². The lowest BCUT2D eigenvalue weighted by atomic mass is 9.93. The van der Waals surface area contributed by atoms with Crippen molar-refractivity contribution in [2.24, 2.45) is 5.73 Å². The number of carbonyl (C=O) groups is 1. The van der Waals surface area contributed by atoms with Crippen LogP contribution in [0.3, 0.4) is 0 Å². The molecule has 1 aliphatic carbocycles. The molecule has 3 rings (SSSR count). The molecule has 4 nitrogen and oxygen atoms in total. The van der Waals surface area contributed by atoms with Gasteiger partial charge in [0.1, 0.15) is 0 Å². The SMILES string of the molecule is CCc1csc(C2CCCN(C(=O)C3(N)CCCC3)C2)n1.Cl.Cl. The third kappa shape index (κ3) is 4.38. The molecule has 2 N–H and O–H groups in total. The number of aromatic nitrogens is 1. The molecule has 1 aliphatic heterocycles. The Bertz CT molecular complexity index is 517. The van der Waals surface area contributed by atoms with Crippen LogP contribution in [0.2, 0.25) is 0 Å². The van der Waals surface area contributed by atoms with E-state index in [1.54, 1.807) is 11.3 Å². The number of hydrogen-bond acceptors (Lipinski definition) is 4. The van der Waals surface area contributed by atoms with Gasteiger partial charge >= 0.3 is 0 Å². The third-order valence-corrected chi connectivity index (χ3v) is 5.97. The minimum absolute atomic E-state index is 0. The quantitative estimate of drug-likeness (QED) is 0.873. The van der Waals surface area contributed by atoms with Gasteiger partial charge in [0, 0.05) is 24.4 Å². The molecule has 1 unspecified atom stereocenters.